The van der Waals surface area contributed by atoms with Crippen LogP contribution in [0.15, 0.2) is 78.9 Å². The summed E-state index contributed by atoms with van der Waals surface area (Å²) in [6, 6.07) is 26.1. The van der Waals surface area contributed by atoms with Crippen molar-refractivity contribution in [3.63, 3.8) is 0 Å². The highest BCUT2D eigenvalue weighted by Crippen LogP contribution is 2.23. The number of rotatable bonds is 11. The van der Waals surface area contributed by atoms with E-state index >= 15 is 0 Å². The predicted molar refractivity (Wildman–Crippen MR) is 157 cm³/mol. The molecule has 0 saturated heterocycles. The molecule has 3 aromatic carbocycles. The first-order valence-corrected chi connectivity index (χ1v) is 13.9. The second kappa shape index (κ2) is 13.4. The molecule has 0 aromatic heterocycles. The Morgan fingerprint density at radius 3 is 2.11 bits per heavy atom. The van der Waals surface area contributed by atoms with Crippen molar-refractivity contribution in [2.75, 3.05) is 0 Å². The zero-order chi connectivity index (χ0) is 27.7. The average Bonchev–Trinajstić information content (AvgIpc) is 2.90. The van der Waals surface area contributed by atoms with Gasteiger partial charge in [-0.25, -0.2) is 0 Å². The fourth-order valence-electron chi connectivity index (χ4n) is 4.53. The van der Waals surface area contributed by atoms with Gasteiger partial charge in [-0.1, -0.05) is 107 Å². The molecular formula is C34H44N2O2. The maximum absolute atomic E-state index is 13.9. The molecule has 3 rings (SSSR count). The van der Waals surface area contributed by atoms with Crippen molar-refractivity contribution >= 4 is 11.8 Å². The van der Waals surface area contributed by atoms with Gasteiger partial charge in [-0.15, -0.1) is 0 Å². The minimum atomic E-state index is -0.596. The van der Waals surface area contributed by atoms with Gasteiger partial charge in [0.1, 0.15) is 6.04 Å². The predicted octanol–water partition coefficient (Wildman–Crippen LogP) is 6.78. The number of nitrogens with one attached hydrogen (secondary N) is 1. The third-order valence-electron chi connectivity index (χ3n) is 7.32. The highest BCUT2D eigenvalue weighted by molar-refractivity contribution is 5.88. The molecular weight excluding hydrogens is 468 g/mol. The summed E-state index contributed by atoms with van der Waals surface area (Å²) in [5, 5.41) is 3.15. The number of hydrogen-bond acceptors (Lipinski definition) is 2. The van der Waals surface area contributed by atoms with Crippen molar-refractivity contribution in [3.8, 4) is 0 Å². The van der Waals surface area contributed by atoms with Crippen LogP contribution in [0.3, 0.4) is 0 Å². The topological polar surface area (TPSA) is 49.4 Å². The first-order chi connectivity index (χ1) is 18.1. The molecule has 0 spiro atoms. The van der Waals surface area contributed by atoms with Crippen LogP contribution in [-0.2, 0) is 34.4 Å². The van der Waals surface area contributed by atoms with E-state index in [4.69, 9.17) is 0 Å². The third-order valence-corrected chi connectivity index (χ3v) is 7.32. The summed E-state index contributed by atoms with van der Waals surface area (Å²) in [7, 11) is 0. The van der Waals surface area contributed by atoms with E-state index in [1.165, 1.54) is 5.56 Å². The molecule has 202 valence electrons. The Balaban J connectivity index is 1.90. The van der Waals surface area contributed by atoms with Gasteiger partial charge in [0.05, 0.1) is 0 Å². The SMILES string of the molecule is CC[C@@H](C)NC(=O)[C@H](Cc1ccccc1)N(Cc1ccccc1C)C(=O)CCc1ccc(C(C)(C)C)cc1. The van der Waals surface area contributed by atoms with Gasteiger partial charge in [0, 0.05) is 25.4 Å². The molecule has 2 amide bonds. The standard InChI is InChI=1S/C34H44N2O2/c1-7-26(3)35-33(38)31(23-28-14-9-8-10-15-28)36(24-29-16-12-11-13-25(29)2)32(37)22-19-27-17-20-30(21-18-27)34(4,5)6/h8-18,20-21,26,31H,7,19,22-24H2,1-6H3,(H,35,38)/t26-,31+/m1/s1. The number of carbonyl (C=O) groups excluding carboxylic acids is 2. The fraction of sp³-hybridized carbons (Fsp3) is 0.412. The molecule has 1 N–H and O–H groups in total. The van der Waals surface area contributed by atoms with E-state index in [1.54, 1.807) is 4.90 Å². The maximum atomic E-state index is 13.9. The van der Waals surface area contributed by atoms with Crippen molar-refractivity contribution in [1.29, 1.82) is 0 Å². The van der Waals surface area contributed by atoms with Crippen LogP contribution in [0.25, 0.3) is 0 Å². The summed E-state index contributed by atoms with van der Waals surface area (Å²) in [5.74, 6) is -0.104. The molecule has 2 atom stereocenters. The Kier molecular flexibility index (Phi) is 10.3. The zero-order valence-corrected chi connectivity index (χ0v) is 24.0. The lowest BCUT2D eigenvalue weighted by Gasteiger charge is -2.33. The maximum Gasteiger partial charge on any atom is 0.243 e. The van der Waals surface area contributed by atoms with Crippen molar-refractivity contribution in [1.82, 2.24) is 10.2 Å². The molecule has 38 heavy (non-hydrogen) atoms. The fourth-order valence-corrected chi connectivity index (χ4v) is 4.53. The first-order valence-electron chi connectivity index (χ1n) is 13.9. The van der Waals surface area contributed by atoms with E-state index in [0.717, 1.165) is 28.7 Å². The van der Waals surface area contributed by atoms with Crippen molar-refractivity contribution in [2.45, 2.75) is 91.3 Å². The van der Waals surface area contributed by atoms with Gasteiger partial charge in [-0.3, -0.25) is 9.59 Å². The zero-order valence-electron chi connectivity index (χ0n) is 24.0. The Bertz CT molecular complexity index is 1180. The lowest BCUT2D eigenvalue weighted by Crippen LogP contribution is -2.52. The van der Waals surface area contributed by atoms with Gasteiger partial charge in [-0.05, 0) is 59.9 Å². The van der Waals surface area contributed by atoms with Gasteiger partial charge >= 0.3 is 0 Å². The Morgan fingerprint density at radius 1 is 0.868 bits per heavy atom. The Hall–Kier alpha value is -3.40. The number of nitrogens with zero attached hydrogens (tertiary/aromatic N) is 1. The smallest absolute Gasteiger partial charge is 0.243 e. The van der Waals surface area contributed by atoms with Gasteiger partial charge in [0.25, 0.3) is 0 Å². The van der Waals surface area contributed by atoms with Crippen LogP contribution < -0.4 is 5.32 Å². The Labute approximate surface area is 229 Å². The summed E-state index contributed by atoms with van der Waals surface area (Å²) in [6.45, 7) is 13.1. The summed E-state index contributed by atoms with van der Waals surface area (Å²) >= 11 is 0. The molecule has 3 aromatic rings. The molecule has 0 radical (unpaired) electrons. The third kappa shape index (κ3) is 8.31. The molecule has 0 bridgehead atoms. The summed E-state index contributed by atoms with van der Waals surface area (Å²) in [5.41, 5.74) is 5.71. The molecule has 0 heterocycles. The van der Waals surface area contributed by atoms with Crippen molar-refractivity contribution in [2.24, 2.45) is 0 Å². The van der Waals surface area contributed by atoms with Crippen LogP contribution in [0, 0.1) is 6.92 Å². The van der Waals surface area contributed by atoms with Gasteiger partial charge < -0.3 is 10.2 Å². The molecule has 0 aliphatic carbocycles. The quantitative estimate of drug-likeness (QED) is 0.308. The van der Waals surface area contributed by atoms with E-state index in [9.17, 15) is 9.59 Å². The van der Waals surface area contributed by atoms with Crippen LogP contribution in [0.5, 0.6) is 0 Å². The van der Waals surface area contributed by atoms with Gasteiger partial charge in [-0.2, -0.15) is 0 Å². The molecule has 0 fully saturated rings. The van der Waals surface area contributed by atoms with Gasteiger partial charge in [0.15, 0.2) is 0 Å². The highest BCUT2D eigenvalue weighted by Gasteiger charge is 2.31. The number of aryl methyl sites for hydroxylation is 2. The number of carbonyl (C=O) groups is 2. The molecule has 0 unspecified atom stereocenters. The van der Waals surface area contributed by atoms with E-state index in [-0.39, 0.29) is 23.3 Å². The first kappa shape index (κ1) is 29.2. The second-order valence-electron chi connectivity index (χ2n) is 11.4. The molecule has 4 heteroatoms. The van der Waals surface area contributed by atoms with E-state index in [0.29, 0.717) is 25.8 Å². The van der Waals surface area contributed by atoms with E-state index < -0.39 is 6.04 Å². The van der Waals surface area contributed by atoms with E-state index in [2.05, 4.69) is 70.3 Å². The van der Waals surface area contributed by atoms with Crippen molar-refractivity contribution < 1.29 is 9.59 Å². The van der Waals surface area contributed by atoms with Crippen LogP contribution >= 0.6 is 0 Å². The van der Waals surface area contributed by atoms with Crippen LogP contribution in [0.2, 0.25) is 0 Å². The Morgan fingerprint density at radius 2 is 1.50 bits per heavy atom. The largest absolute Gasteiger partial charge is 0.352 e. The number of amides is 2. The second-order valence-corrected chi connectivity index (χ2v) is 11.4. The van der Waals surface area contributed by atoms with Crippen LogP contribution in [0.1, 0.15) is 75.3 Å². The van der Waals surface area contributed by atoms with Gasteiger partial charge in [0.2, 0.25) is 11.8 Å². The lowest BCUT2D eigenvalue weighted by atomic mass is 9.86. The normalized spacial score (nSPS) is 13.0. The van der Waals surface area contributed by atoms with Crippen molar-refractivity contribution in [3.05, 3.63) is 107 Å². The molecule has 0 saturated carbocycles. The van der Waals surface area contributed by atoms with E-state index in [1.807, 2.05) is 55.5 Å². The average molecular weight is 513 g/mol. The number of hydrogen-bond donors (Lipinski definition) is 1. The minimum absolute atomic E-state index is 0.00613. The summed E-state index contributed by atoms with van der Waals surface area (Å²) in [6.07, 6.45) is 2.29. The molecule has 0 aliphatic heterocycles. The monoisotopic (exact) mass is 512 g/mol. The summed E-state index contributed by atoms with van der Waals surface area (Å²) < 4.78 is 0. The number of benzene rings is 3. The lowest BCUT2D eigenvalue weighted by molar-refractivity contribution is -0.141. The van der Waals surface area contributed by atoms with Crippen LogP contribution in [-0.4, -0.2) is 28.8 Å². The summed E-state index contributed by atoms with van der Waals surface area (Å²) in [4.78, 5) is 29.3. The molecule has 4 nitrogen and oxygen atoms in total. The molecule has 0 aliphatic rings. The highest BCUT2D eigenvalue weighted by atomic mass is 16.2. The van der Waals surface area contributed by atoms with Crippen LogP contribution in [0.4, 0.5) is 0 Å². The minimum Gasteiger partial charge on any atom is -0.352 e.